The highest BCUT2D eigenvalue weighted by Crippen LogP contribution is 2.38. The third-order valence-corrected chi connectivity index (χ3v) is 7.93. The first-order chi connectivity index (χ1) is 15.8. The highest BCUT2D eigenvalue weighted by Gasteiger charge is 2.28. The Kier molecular flexibility index (Phi) is 7.84. The van der Waals surface area contributed by atoms with Crippen molar-refractivity contribution >= 4 is 57.1 Å². The van der Waals surface area contributed by atoms with Gasteiger partial charge in [0.2, 0.25) is 5.91 Å². The zero-order valence-corrected chi connectivity index (χ0v) is 21.3. The van der Waals surface area contributed by atoms with Gasteiger partial charge < -0.3 is 15.0 Å². The van der Waals surface area contributed by atoms with E-state index in [1.54, 1.807) is 0 Å². The molecule has 1 saturated heterocycles. The number of fused-ring (bicyclic) bond motifs is 1. The zero-order valence-electron chi connectivity index (χ0n) is 19.0. The van der Waals surface area contributed by atoms with E-state index in [1.807, 2.05) is 32.0 Å². The lowest BCUT2D eigenvalue weighted by Gasteiger charge is -2.35. The molecule has 178 valence electrons. The first-order valence-electron chi connectivity index (χ1n) is 11.4. The lowest BCUT2D eigenvalue weighted by molar-refractivity contribution is -0.117. The van der Waals surface area contributed by atoms with Gasteiger partial charge in [-0.25, -0.2) is 4.79 Å². The predicted octanol–water partition coefficient (Wildman–Crippen LogP) is 5.26. The number of anilines is 2. The van der Waals surface area contributed by atoms with Gasteiger partial charge in [-0.15, -0.1) is 11.3 Å². The van der Waals surface area contributed by atoms with Crippen LogP contribution in [0.1, 0.15) is 47.5 Å². The Hall–Kier alpha value is -1.80. The maximum Gasteiger partial charge on any atom is 0.341 e. The Morgan fingerprint density at radius 3 is 2.52 bits per heavy atom. The molecule has 2 aromatic rings. The molecule has 1 aliphatic carbocycles. The monoisotopic (exact) mass is 509 g/mol. The number of ether oxygens (including phenoxy) is 1. The highest BCUT2D eigenvalue weighted by atomic mass is 35.5. The molecule has 0 bridgehead atoms. The fourth-order valence-corrected chi connectivity index (χ4v) is 5.94. The summed E-state index contributed by atoms with van der Waals surface area (Å²) in [6.45, 7) is 7.08. The fourth-order valence-electron chi connectivity index (χ4n) is 4.36. The molecule has 9 heteroatoms. The van der Waals surface area contributed by atoms with Crippen molar-refractivity contribution in [2.45, 2.75) is 45.6 Å². The molecule has 2 aliphatic rings. The first kappa shape index (κ1) is 24.3. The summed E-state index contributed by atoms with van der Waals surface area (Å²) in [6.07, 6.45) is 3.78. The third-order valence-electron chi connectivity index (χ3n) is 5.98. The number of piperazine rings is 1. The molecule has 4 rings (SSSR count). The van der Waals surface area contributed by atoms with E-state index in [0.717, 1.165) is 63.1 Å². The minimum Gasteiger partial charge on any atom is -0.459 e. The number of thiophene rings is 1. The molecule has 0 saturated carbocycles. The maximum atomic E-state index is 12.9. The fraction of sp³-hybridized carbons (Fsp3) is 0.500. The molecule has 33 heavy (non-hydrogen) atoms. The molecule has 1 aromatic heterocycles. The predicted molar refractivity (Wildman–Crippen MR) is 135 cm³/mol. The minimum absolute atomic E-state index is 0.102. The normalized spacial score (nSPS) is 16.6. The standard InChI is InChI=1S/C24H29Cl2N3O3S/c1-15(2)32-24(31)22-17-5-3-4-6-20(17)33-23(22)27-21(30)14-28-9-11-29(12-10-28)16-7-8-18(25)19(26)13-16/h7-8,13,15H,3-6,9-12,14H2,1-2H3,(H,27,30). The number of carbonyl (C=O) groups is 2. The van der Waals surface area contributed by atoms with Crippen molar-refractivity contribution in [3.8, 4) is 0 Å². The molecule has 1 aliphatic heterocycles. The molecule has 0 radical (unpaired) electrons. The second-order valence-electron chi connectivity index (χ2n) is 8.78. The maximum absolute atomic E-state index is 12.9. The van der Waals surface area contributed by atoms with E-state index in [4.69, 9.17) is 27.9 Å². The number of halogens is 2. The second-order valence-corrected chi connectivity index (χ2v) is 10.7. The van der Waals surface area contributed by atoms with E-state index in [1.165, 1.54) is 16.2 Å². The summed E-state index contributed by atoms with van der Waals surface area (Å²) in [4.78, 5) is 31.2. The summed E-state index contributed by atoms with van der Waals surface area (Å²) < 4.78 is 5.49. The number of amides is 1. The van der Waals surface area contributed by atoms with Gasteiger partial charge in [-0.2, -0.15) is 0 Å². The van der Waals surface area contributed by atoms with E-state index in [0.29, 0.717) is 20.6 Å². The zero-order chi connectivity index (χ0) is 23.5. The van der Waals surface area contributed by atoms with Crippen LogP contribution in [0, 0.1) is 0 Å². The average Bonchev–Trinajstić information content (AvgIpc) is 3.13. The molecule has 1 fully saturated rings. The van der Waals surface area contributed by atoms with E-state index >= 15 is 0 Å². The molecule has 0 atom stereocenters. The van der Waals surface area contributed by atoms with Gasteiger partial charge in [0, 0.05) is 36.7 Å². The average molecular weight is 510 g/mol. The second kappa shape index (κ2) is 10.6. The summed E-state index contributed by atoms with van der Waals surface area (Å²) >= 11 is 13.7. The van der Waals surface area contributed by atoms with Gasteiger partial charge in [0.05, 0.1) is 28.3 Å². The Morgan fingerprint density at radius 2 is 1.82 bits per heavy atom. The van der Waals surface area contributed by atoms with Crippen molar-refractivity contribution in [2.75, 3.05) is 42.9 Å². The van der Waals surface area contributed by atoms with E-state index < -0.39 is 0 Å². The summed E-state index contributed by atoms with van der Waals surface area (Å²) in [6, 6.07) is 5.65. The molecule has 6 nitrogen and oxygen atoms in total. The van der Waals surface area contributed by atoms with Crippen LogP contribution in [0.4, 0.5) is 10.7 Å². The van der Waals surface area contributed by atoms with Crippen molar-refractivity contribution in [3.05, 3.63) is 44.2 Å². The van der Waals surface area contributed by atoms with Gasteiger partial charge in [-0.3, -0.25) is 9.69 Å². The van der Waals surface area contributed by atoms with Crippen LogP contribution in [0.15, 0.2) is 18.2 Å². The van der Waals surface area contributed by atoms with Crippen molar-refractivity contribution in [1.29, 1.82) is 0 Å². The Bertz CT molecular complexity index is 1030. The molecule has 1 amide bonds. The first-order valence-corrected chi connectivity index (χ1v) is 13.0. The number of benzene rings is 1. The number of carbonyl (C=O) groups excluding carboxylic acids is 2. The van der Waals surface area contributed by atoms with Crippen LogP contribution < -0.4 is 10.2 Å². The smallest absolute Gasteiger partial charge is 0.341 e. The van der Waals surface area contributed by atoms with Crippen LogP contribution >= 0.6 is 34.5 Å². The van der Waals surface area contributed by atoms with Gasteiger partial charge >= 0.3 is 5.97 Å². The van der Waals surface area contributed by atoms with E-state index in [9.17, 15) is 9.59 Å². The molecule has 1 aromatic carbocycles. The van der Waals surface area contributed by atoms with Crippen molar-refractivity contribution in [3.63, 3.8) is 0 Å². The van der Waals surface area contributed by atoms with Crippen LogP contribution in [0.25, 0.3) is 0 Å². The molecule has 1 N–H and O–H groups in total. The minimum atomic E-state index is -0.338. The van der Waals surface area contributed by atoms with Crippen LogP contribution in [-0.4, -0.2) is 55.6 Å². The number of rotatable bonds is 6. The molecule has 0 unspecified atom stereocenters. The summed E-state index contributed by atoms with van der Waals surface area (Å²) in [5.41, 5.74) is 2.65. The lowest BCUT2D eigenvalue weighted by atomic mass is 9.95. The van der Waals surface area contributed by atoms with Crippen molar-refractivity contribution < 1.29 is 14.3 Å². The molecule has 2 heterocycles. The molecular weight excluding hydrogens is 481 g/mol. The van der Waals surface area contributed by atoms with Crippen LogP contribution in [-0.2, 0) is 22.4 Å². The third kappa shape index (κ3) is 5.83. The number of nitrogens with zero attached hydrogens (tertiary/aromatic N) is 2. The summed E-state index contributed by atoms with van der Waals surface area (Å²) in [5, 5.41) is 4.74. The van der Waals surface area contributed by atoms with E-state index in [-0.39, 0.29) is 24.5 Å². The molecular formula is C24H29Cl2N3O3S. The lowest BCUT2D eigenvalue weighted by Crippen LogP contribution is -2.48. The van der Waals surface area contributed by atoms with Crippen LogP contribution in [0.3, 0.4) is 0 Å². The number of hydrogen-bond donors (Lipinski definition) is 1. The topological polar surface area (TPSA) is 61.9 Å². The van der Waals surface area contributed by atoms with Crippen LogP contribution in [0.2, 0.25) is 10.0 Å². The largest absolute Gasteiger partial charge is 0.459 e. The number of esters is 1. The number of hydrogen-bond acceptors (Lipinski definition) is 6. The summed E-state index contributed by atoms with van der Waals surface area (Å²) in [5.74, 6) is -0.440. The SMILES string of the molecule is CC(C)OC(=O)c1c(NC(=O)CN2CCN(c3ccc(Cl)c(Cl)c3)CC2)sc2c1CCCC2. The Labute approximate surface area is 208 Å². The number of nitrogens with one attached hydrogen (secondary N) is 1. The highest BCUT2D eigenvalue weighted by molar-refractivity contribution is 7.17. The number of aryl methyl sites for hydroxylation is 1. The van der Waals surface area contributed by atoms with Gasteiger partial charge in [0.15, 0.2) is 0 Å². The van der Waals surface area contributed by atoms with Crippen molar-refractivity contribution in [2.24, 2.45) is 0 Å². The molecule has 0 spiro atoms. The van der Waals surface area contributed by atoms with Crippen molar-refractivity contribution in [1.82, 2.24) is 4.90 Å². The summed E-state index contributed by atoms with van der Waals surface area (Å²) in [7, 11) is 0. The Morgan fingerprint density at radius 1 is 1.09 bits per heavy atom. The van der Waals surface area contributed by atoms with Crippen LogP contribution in [0.5, 0.6) is 0 Å². The van der Waals surface area contributed by atoms with Gasteiger partial charge in [-0.1, -0.05) is 23.2 Å². The van der Waals surface area contributed by atoms with Gasteiger partial charge in [0.1, 0.15) is 5.00 Å². The van der Waals surface area contributed by atoms with Gasteiger partial charge in [0.25, 0.3) is 0 Å². The Balaban J connectivity index is 1.38. The van der Waals surface area contributed by atoms with Gasteiger partial charge in [-0.05, 0) is 63.3 Å². The quantitative estimate of drug-likeness (QED) is 0.538. The van der Waals surface area contributed by atoms with E-state index in [2.05, 4.69) is 15.1 Å².